The van der Waals surface area contributed by atoms with Crippen LogP contribution in [-0.2, 0) is 6.42 Å². The number of carbonyl (C=O) groups is 1. The number of amides is 1. The molecule has 3 aromatic carbocycles. The van der Waals surface area contributed by atoms with Crippen molar-refractivity contribution in [3.05, 3.63) is 89.9 Å². The number of carbonyl (C=O) groups excluding carboxylic acids is 1. The Morgan fingerprint density at radius 2 is 1.67 bits per heavy atom. The molecule has 2 aromatic heterocycles. The Hall–Kier alpha value is -4.26. The summed E-state index contributed by atoms with van der Waals surface area (Å²) in [6.07, 6.45) is 3.83. The van der Waals surface area contributed by atoms with Crippen molar-refractivity contribution in [1.82, 2.24) is 24.6 Å². The quantitative estimate of drug-likeness (QED) is 0.277. The summed E-state index contributed by atoms with van der Waals surface area (Å²) in [4.78, 5) is 27.9. The third kappa shape index (κ3) is 4.97. The van der Waals surface area contributed by atoms with Crippen LogP contribution < -0.4 is 4.90 Å². The van der Waals surface area contributed by atoms with Gasteiger partial charge in [-0.05, 0) is 54.8 Å². The molecule has 1 aliphatic rings. The van der Waals surface area contributed by atoms with Gasteiger partial charge in [0.2, 0.25) is 0 Å². The van der Waals surface area contributed by atoms with E-state index in [2.05, 4.69) is 36.1 Å². The molecule has 7 nitrogen and oxygen atoms in total. The minimum absolute atomic E-state index is 0.0900. The zero-order valence-corrected chi connectivity index (χ0v) is 22.7. The van der Waals surface area contributed by atoms with Crippen LogP contribution in [0.25, 0.3) is 27.5 Å². The predicted octanol–water partition coefficient (Wildman–Crippen LogP) is 5.97. The lowest BCUT2D eigenvalue weighted by Crippen LogP contribution is -2.35. The van der Waals surface area contributed by atoms with Gasteiger partial charge in [-0.25, -0.2) is 14.6 Å². The number of aryl methyl sites for hydroxylation is 2. The van der Waals surface area contributed by atoms with E-state index in [-0.39, 0.29) is 5.91 Å². The fourth-order valence-electron chi connectivity index (χ4n) is 5.47. The molecule has 3 heterocycles. The number of unbranched alkanes of at least 4 members (excludes halogenated alkanes) is 1. The number of fused-ring (bicyclic) bond motifs is 2. The normalized spacial score (nSPS) is 14.2. The number of rotatable bonds is 6. The van der Waals surface area contributed by atoms with Crippen molar-refractivity contribution in [2.24, 2.45) is 0 Å². The molecule has 0 spiro atoms. The molecule has 0 unspecified atom stereocenters. The van der Waals surface area contributed by atoms with Crippen molar-refractivity contribution >= 4 is 33.5 Å². The number of nitrogens with zero attached hydrogens (tertiary/aromatic N) is 6. The molecule has 0 N–H and O–H groups in total. The maximum atomic E-state index is 13.5. The number of aromatic nitrogens is 4. The average Bonchev–Trinajstić information content (AvgIpc) is 3.14. The predicted molar refractivity (Wildman–Crippen MR) is 157 cm³/mol. The molecular weight excluding hydrogens is 484 g/mol. The third-order valence-corrected chi connectivity index (χ3v) is 7.56. The molecule has 1 amide bonds. The molecule has 198 valence electrons. The van der Waals surface area contributed by atoms with Gasteiger partial charge < -0.3 is 9.80 Å². The van der Waals surface area contributed by atoms with Crippen molar-refractivity contribution < 1.29 is 4.79 Å². The van der Waals surface area contributed by atoms with Gasteiger partial charge in [0.15, 0.2) is 5.65 Å². The van der Waals surface area contributed by atoms with Crippen molar-refractivity contribution in [2.45, 2.75) is 39.5 Å². The first kappa shape index (κ1) is 25.0. The summed E-state index contributed by atoms with van der Waals surface area (Å²) in [5.74, 6) is 1.88. The fourth-order valence-corrected chi connectivity index (χ4v) is 5.47. The fraction of sp³-hybridized carbons (Fsp3) is 0.312. The monoisotopic (exact) mass is 518 g/mol. The zero-order valence-electron chi connectivity index (χ0n) is 22.7. The van der Waals surface area contributed by atoms with Gasteiger partial charge in [0.25, 0.3) is 5.91 Å². The van der Waals surface area contributed by atoms with Crippen molar-refractivity contribution in [3.63, 3.8) is 0 Å². The van der Waals surface area contributed by atoms with E-state index < -0.39 is 0 Å². The minimum atomic E-state index is 0.0900. The molecule has 7 heteroatoms. The topological polar surface area (TPSA) is 67.2 Å². The summed E-state index contributed by atoms with van der Waals surface area (Å²) in [6, 6.07) is 24.3. The standard InChI is InChI=1S/C32H34N6O/c1-3-4-15-28-33-30(29-23(2)35-38(31(29)34-28)27-13-6-5-7-14-27)36-18-10-19-37(21-20-36)32(39)26-17-16-24-11-8-9-12-25(24)22-26/h5-9,11-14,16-17,22H,3-4,10,15,18-21H2,1-2H3. The number of hydrogen-bond acceptors (Lipinski definition) is 5. The van der Waals surface area contributed by atoms with Gasteiger partial charge in [0.1, 0.15) is 11.6 Å². The van der Waals surface area contributed by atoms with E-state index in [0.29, 0.717) is 13.1 Å². The Kier molecular flexibility index (Phi) is 6.97. The van der Waals surface area contributed by atoms with E-state index in [1.807, 2.05) is 65.0 Å². The van der Waals surface area contributed by atoms with Crippen LogP contribution in [0.1, 0.15) is 48.1 Å². The van der Waals surface area contributed by atoms with Gasteiger partial charge in [-0.2, -0.15) is 5.10 Å². The smallest absolute Gasteiger partial charge is 0.253 e. The summed E-state index contributed by atoms with van der Waals surface area (Å²) < 4.78 is 1.94. The summed E-state index contributed by atoms with van der Waals surface area (Å²) >= 11 is 0. The van der Waals surface area contributed by atoms with E-state index in [0.717, 1.165) is 89.2 Å². The first-order chi connectivity index (χ1) is 19.1. The second kappa shape index (κ2) is 10.8. The van der Waals surface area contributed by atoms with Crippen molar-refractivity contribution in [1.29, 1.82) is 0 Å². The molecule has 0 saturated carbocycles. The number of benzene rings is 3. The minimum Gasteiger partial charge on any atom is -0.354 e. The number of hydrogen-bond donors (Lipinski definition) is 0. The number of para-hydroxylation sites is 1. The molecule has 1 fully saturated rings. The van der Waals surface area contributed by atoms with Gasteiger partial charge in [-0.3, -0.25) is 4.79 Å². The Bertz CT molecular complexity index is 1630. The molecule has 0 bridgehead atoms. The zero-order chi connectivity index (χ0) is 26.8. The van der Waals surface area contributed by atoms with Crippen molar-refractivity contribution in [2.75, 3.05) is 31.1 Å². The lowest BCUT2D eigenvalue weighted by molar-refractivity contribution is 0.0767. The summed E-state index contributed by atoms with van der Waals surface area (Å²) in [7, 11) is 0. The second-order valence-electron chi connectivity index (χ2n) is 10.3. The van der Waals surface area contributed by atoms with E-state index in [1.54, 1.807) is 0 Å². The third-order valence-electron chi connectivity index (χ3n) is 7.56. The lowest BCUT2D eigenvalue weighted by Gasteiger charge is -2.24. The molecule has 39 heavy (non-hydrogen) atoms. The van der Waals surface area contributed by atoms with E-state index in [4.69, 9.17) is 15.1 Å². The highest BCUT2D eigenvalue weighted by atomic mass is 16.2. The van der Waals surface area contributed by atoms with E-state index >= 15 is 0 Å². The van der Waals surface area contributed by atoms with Crippen LogP contribution in [0.5, 0.6) is 0 Å². The van der Waals surface area contributed by atoms with Gasteiger partial charge >= 0.3 is 0 Å². The summed E-state index contributed by atoms with van der Waals surface area (Å²) in [5.41, 5.74) is 3.50. The molecule has 1 saturated heterocycles. The molecule has 0 radical (unpaired) electrons. The van der Waals surface area contributed by atoms with Crippen LogP contribution in [0.4, 0.5) is 5.82 Å². The summed E-state index contributed by atoms with van der Waals surface area (Å²) in [6.45, 7) is 7.14. The number of anilines is 1. The maximum Gasteiger partial charge on any atom is 0.253 e. The van der Waals surface area contributed by atoms with Crippen LogP contribution in [-0.4, -0.2) is 56.7 Å². The summed E-state index contributed by atoms with van der Waals surface area (Å²) in [5, 5.41) is 8.12. The lowest BCUT2D eigenvalue weighted by atomic mass is 10.1. The SMILES string of the molecule is CCCCc1nc(N2CCCN(C(=O)c3ccc4ccccc4c3)CC2)c2c(C)nn(-c3ccccc3)c2n1. The first-order valence-corrected chi connectivity index (χ1v) is 14.0. The molecule has 0 aliphatic carbocycles. The van der Waals surface area contributed by atoms with Gasteiger partial charge in [-0.15, -0.1) is 0 Å². The van der Waals surface area contributed by atoms with Crippen LogP contribution >= 0.6 is 0 Å². The van der Waals surface area contributed by atoms with Crippen molar-refractivity contribution in [3.8, 4) is 5.69 Å². The van der Waals surface area contributed by atoms with Gasteiger partial charge in [0, 0.05) is 38.2 Å². The van der Waals surface area contributed by atoms with Gasteiger partial charge in [-0.1, -0.05) is 61.9 Å². The van der Waals surface area contributed by atoms with Crippen LogP contribution in [0.3, 0.4) is 0 Å². The molecule has 6 rings (SSSR count). The van der Waals surface area contributed by atoms with Crippen LogP contribution in [0, 0.1) is 6.92 Å². The van der Waals surface area contributed by atoms with E-state index in [9.17, 15) is 4.79 Å². The Morgan fingerprint density at radius 3 is 2.49 bits per heavy atom. The highest BCUT2D eigenvalue weighted by molar-refractivity contribution is 5.98. The highest BCUT2D eigenvalue weighted by Gasteiger charge is 2.25. The largest absolute Gasteiger partial charge is 0.354 e. The maximum absolute atomic E-state index is 13.5. The van der Waals surface area contributed by atoms with Crippen LogP contribution in [0.15, 0.2) is 72.8 Å². The Labute approximate surface area is 229 Å². The Morgan fingerprint density at radius 1 is 0.872 bits per heavy atom. The molecule has 5 aromatic rings. The molecule has 0 atom stereocenters. The average molecular weight is 519 g/mol. The van der Waals surface area contributed by atoms with Crippen LogP contribution in [0.2, 0.25) is 0 Å². The second-order valence-corrected chi connectivity index (χ2v) is 10.3. The highest BCUT2D eigenvalue weighted by Crippen LogP contribution is 2.30. The molecule has 1 aliphatic heterocycles. The van der Waals surface area contributed by atoms with Gasteiger partial charge in [0.05, 0.1) is 16.8 Å². The Balaban J connectivity index is 1.31. The first-order valence-electron chi connectivity index (χ1n) is 14.0. The van der Waals surface area contributed by atoms with E-state index in [1.165, 1.54) is 0 Å². The molecular formula is C32H34N6O.